The van der Waals surface area contributed by atoms with Crippen molar-refractivity contribution in [1.29, 1.82) is 0 Å². The minimum Gasteiger partial charge on any atom is -0.394 e. The highest BCUT2D eigenvalue weighted by molar-refractivity contribution is 6.31. The van der Waals surface area contributed by atoms with Gasteiger partial charge in [0.15, 0.2) is 0 Å². The van der Waals surface area contributed by atoms with Crippen LogP contribution in [0.25, 0.3) is 10.9 Å². The van der Waals surface area contributed by atoms with Crippen LogP contribution in [0.15, 0.2) is 30.5 Å². The fraction of sp³-hybridized carbons (Fsp3) is 0.357. The summed E-state index contributed by atoms with van der Waals surface area (Å²) in [7, 11) is 0. The van der Waals surface area contributed by atoms with Gasteiger partial charge in [0.1, 0.15) is 0 Å². The molecule has 102 valence electrons. The molecule has 0 aliphatic heterocycles. The van der Waals surface area contributed by atoms with Crippen molar-refractivity contribution in [2.24, 2.45) is 0 Å². The maximum Gasteiger partial charge on any atom is 0.0832 e. The molecule has 1 aromatic heterocycles. The maximum atomic E-state index is 9.49. The highest BCUT2D eigenvalue weighted by Gasteiger charge is 2.26. The van der Waals surface area contributed by atoms with Crippen molar-refractivity contribution in [3.63, 3.8) is 0 Å². The molecule has 0 amide bonds. The molecule has 3 N–H and O–H groups in total. The van der Waals surface area contributed by atoms with E-state index in [1.165, 1.54) is 0 Å². The number of benzene rings is 1. The summed E-state index contributed by atoms with van der Waals surface area (Å²) >= 11 is 5.95. The van der Waals surface area contributed by atoms with E-state index in [-0.39, 0.29) is 13.2 Å². The van der Waals surface area contributed by atoms with Gasteiger partial charge in [0.05, 0.1) is 24.3 Å². The number of aromatic nitrogens is 1. The third-order valence-corrected chi connectivity index (χ3v) is 3.62. The number of nitrogens with zero attached hydrogens (tertiary/aromatic N) is 1. The minimum atomic E-state index is -0.728. The topological polar surface area (TPSA) is 65.4 Å². The van der Waals surface area contributed by atoms with Crippen LogP contribution in [0, 0.1) is 0 Å². The zero-order valence-corrected chi connectivity index (χ0v) is 11.5. The Kier molecular flexibility index (Phi) is 4.24. The highest BCUT2D eigenvalue weighted by Crippen LogP contribution is 2.27. The first kappa shape index (κ1) is 14.1. The molecule has 2 aromatic rings. The van der Waals surface area contributed by atoms with E-state index in [9.17, 15) is 10.2 Å². The predicted molar refractivity (Wildman–Crippen MR) is 77.6 cm³/mol. The van der Waals surface area contributed by atoms with Gasteiger partial charge >= 0.3 is 0 Å². The zero-order chi connectivity index (χ0) is 13.9. The molecule has 0 aliphatic carbocycles. The molecule has 0 spiro atoms. The molecular formula is C14H17ClN2O2. The number of hydrogen-bond acceptors (Lipinski definition) is 4. The molecule has 1 aromatic carbocycles. The Morgan fingerprint density at radius 2 is 2.00 bits per heavy atom. The van der Waals surface area contributed by atoms with Crippen molar-refractivity contribution in [2.75, 3.05) is 18.5 Å². The summed E-state index contributed by atoms with van der Waals surface area (Å²) in [4.78, 5) is 4.26. The van der Waals surface area contributed by atoms with Gasteiger partial charge in [0.25, 0.3) is 0 Å². The van der Waals surface area contributed by atoms with Crippen LogP contribution in [-0.2, 0) is 0 Å². The lowest BCUT2D eigenvalue weighted by atomic mass is 9.97. The van der Waals surface area contributed by atoms with Crippen LogP contribution in [0.1, 0.15) is 13.3 Å². The molecule has 1 heterocycles. The second-order valence-corrected chi connectivity index (χ2v) is 5.03. The van der Waals surface area contributed by atoms with E-state index < -0.39 is 5.54 Å². The number of rotatable bonds is 5. The SMILES string of the molecule is CCC(CO)(CO)Nc1ccnc2cc(Cl)ccc12. The summed E-state index contributed by atoms with van der Waals surface area (Å²) < 4.78 is 0. The molecule has 2 rings (SSSR count). The van der Waals surface area contributed by atoms with Crippen LogP contribution in [0.5, 0.6) is 0 Å². The van der Waals surface area contributed by atoms with Gasteiger partial charge in [0, 0.05) is 22.3 Å². The van der Waals surface area contributed by atoms with E-state index in [1.54, 1.807) is 18.3 Å². The number of aliphatic hydroxyl groups excluding tert-OH is 2. The molecule has 0 aliphatic rings. The number of fused-ring (bicyclic) bond motifs is 1. The minimum absolute atomic E-state index is 0.141. The summed E-state index contributed by atoms with van der Waals surface area (Å²) in [5.74, 6) is 0. The third kappa shape index (κ3) is 2.81. The quantitative estimate of drug-likeness (QED) is 0.787. The van der Waals surface area contributed by atoms with Gasteiger partial charge in [-0.15, -0.1) is 0 Å². The largest absolute Gasteiger partial charge is 0.394 e. The molecule has 5 heteroatoms. The lowest BCUT2D eigenvalue weighted by molar-refractivity contribution is 0.132. The summed E-state index contributed by atoms with van der Waals surface area (Å²) in [6.07, 6.45) is 2.29. The molecule has 19 heavy (non-hydrogen) atoms. The normalized spacial score (nSPS) is 11.8. The van der Waals surface area contributed by atoms with E-state index in [1.807, 2.05) is 19.1 Å². The molecule has 0 fully saturated rings. The monoisotopic (exact) mass is 280 g/mol. The van der Waals surface area contributed by atoms with Crippen molar-refractivity contribution >= 4 is 28.2 Å². The number of aliphatic hydroxyl groups is 2. The smallest absolute Gasteiger partial charge is 0.0832 e. The van der Waals surface area contributed by atoms with Crippen molar-refractivity contribution < 1.29 is 10.2 Å². The van der Waals surface area contributed by atoms with Crippen LogP contribution in [-0.4, -0.2) is 33.9 Å². The Hall–Kier alpha value is -1.36. The lowest BCUT2D eigenvalue weighted by Gasteiger charge is -2.31. The van der Waals surface area contributed by atoms with Crippen LogP contribution < -0.4 is 5.32 Å². The van der Waals surface area contributed by atoms with Crippen LogP contribution >= 0.6 is 11.6 Å². The second kappa shape index (κ2) is 5.74. The zero-order valence-electron chi connectivity index (χ0n) is 10.7. The van der Waals surface area contributed by atoms with Gasteiger partial charge in [-0.05, 0) is 30.7 Å². The number of nitrogens with one attached hydrogen (secondary N) is 1. The molecule has 0 atom stereocenters. The number of pyridine rings is 1. The fourth-order valence-electron chi connectivity index (χ4n) is 1.96. The van der Waals surface area contributed by atoms with Crippen molar-refractivity contribution in [1.82, 2.24) is 4.98 Å². The Morgan fingerprint density at radius 3 is 2.63 bits per heavy atom. The van der Waals surface area contributed by atoms with Gasteiger partial charge < -0.3 is 15.5 Å². The summed E-state index contributed by atoms with van der Waals surface area (Å²) in [5.41, 5.74) is 0.874. The molecular weight excluding hydrogens is 264 g/mol. The second-order valence-electron chi connectivity index (χ2n) is 4.60. The molecule has 0 unspecified atom stereocenters. The summed E-state index contributed by atoms with van der Waals surface area (Å²) in [5, 5.41) is 23.7. The summed E-state index contributed by atoms with van der Waals surface area (Å²) in [6.45, 7) is 1.63. The van der Waals surface area contributed by atoms with Gasteiger partial charge in [0.2, 0.25) is 0 Å². The standard InChI is InChI=1S/C14H17ClN2O2/c1-2-14(8-18,9-19)17-12-5-6-16-13-7-10(15)3-4-11(12)13/h3-7,18-19H,2,8-9H2,1H3,(H,16,17). The third-order valence-electron chi connectivity index (χ3n) is 3.39. The Labute approximate surface area is 117 Å². The van der Waals surface area contributed by atoms with Crippen molar-refractivity contribution in [3.05, 3.63) is 35.5 Å². The average Bonchev–Trinajstić information content (AvgIpc) is 2.44. The van der Waals surface area contributed by atoms with E-state index in [2.05, 4.69) is 10.3 Å². The van der Waals surface area contributed by atoms with E-state index in [4.69, 9.17) is 11.6 Å². The van der Waals surface area contributed by atoms with Crippen LogP contribution in [0.3, 0.4) is 0 Å². The van der Waals surface area contributed by atoms with Gasteiger partial charge in [-0.3, -0.25) is 4.98 Å². The van der Waals surface area contributed by atoms with E-state index in [0.29, 0.717) is 11.4 Å². The first-order valence-electron chi connectivity index (χ1n) is 6.18. The Balaban J connectivity index is 2.45. The molecule has 0 radical (unpaired) electrons. The number of hydrogen-bond donors (Lipinski definition) is 3. The fourth-order valence-corrected chi connectivity index (χ4v) is 2.12. The van der Waals surface area contributed by atoms with Crippen LogP contribution in [0.2, 0.25) is 5.02 Å². The highest BCUT2D eigenvalue weighted by atomic mass is 35.5. The van der Waals surface area contributed by atoms with Crippen molar-refractivity contribution in [3.8, 4) is 0 Å². The average molecular weight is 281 g/mol. The maximum absolute atomic E-state index is 9.49. The molecule has 0 bridgehead atoms. The first-order valence-corrected chi connectivity index (χ1v) is 6.56. The van der Waals surface area contributed by atoms with Crippen LogP contribution in [0.4, 0.5) is 5.69 Å². The Bertz CT molecular complexity index is 562. The number of halogens is 1. The van der Waals surface area contributed by atoms with Gasteiger partial charge in [-0.1, -0.05) is 18.5 Å². The summed E-state index contributed by atoms with van der Waals surface area (Å²) in [6, 6.07) is 7.28. The van der Waals surface area contributed by atoms with Crippen molar-refractivity contribution in [2.45, 2.75) is 18.9 Å². The lowest BCUT2D eigenvalue weighted by Crippen LogP contribution is -2.45. The molecule has 0 saturated heterocycles. The number of anilines is 1. The van der Waals surface area contributed by atoms with E-state index in [0.717, 1.165) is 16.6 Å². The predicted octanol–water partition coefficient (Wildman–Crippen LogP) is 2.43. The first-order chi connectivity index (χ1) is 9.14. The van der Waals surface area contributed by atoms with Gasteiger partial charge in [-0.2, -0.15) is 0 Å². The molecule has 0 saturated carbocycles. The van der Waals surface area contributed by atoms with Gasteiger partial charge in [-0.25, -0.2) is 0 Å². The molecule has 4 nitrogen and oxygen atoms in total. The Morgan fingerprint density at radius 1 is 1.26 bits per heavy atom. The van der Waals surface area contributed by atoms with E-state index >= 15 is 0 Å².